The molecule has 0 spiro atoms. The summed E-state index contributed by atoms with van der Waals surface area (Å²) in [6.07, 6.45) is 1.10. The Morgan fingerprint density at radius 3 is 2.93 bits per heavy atom. The van der Waals surface area contributed by atoms with Gasteiger partial charge in [-0.25, -0.2) is 4.39 Å². The molecular formula is C12H17FN2. The molecule has 1 unspecified atom stereocenters. The summed E-state index contributed by atoms with van der Waals surface area (Å²) < 4.78 is 13.4. The molecule has 2 nitrogen and oxygen atoms in total. The number of nitrogens with zero attached hydrogens (tertiary/aromatic N) is 1. The van der Waals surface area contributed by atoms with Gasteiger partial charge in [-0.15, -0.1) is 0 Å². The summed E-state index contributed by atoms with van der Waals surface area (Å²) in [5, 5.41) is 3.28. The van der Waals surface area contributed by atoms with E-state index < -0.39 is 0 Å². The zero-order chi connectivity index (χ0) is 11.0. The second-order valence-electron chi connectivity index (χ2n) is 4.17. The van der Waals surface area contributed by atoms with Crippen molar-refractivity contribution in [3.05, 3.63) is 23.5 Å². The number of fused-ring (bicyclic) bond motifs is 1. The van der Waals surface area contributed by atoms with Crippen molar-refractivity contribution in [1.29, 1.82) is 0 Å². The molecule has 0 aliphatic carbocycles. The average Bonchev–Trinajstić information content (AvgIpc) is 2.22. The summed E-state index contributed by atoms with van der Waals surface area (Å²) in [5.41, 5.74) is 2.72. The van der Waals surface area contributed by atoms with Crippen molar-refractivity contribution in [3.63, 3.8) is 0 Å². The van der Waals surface area contributed by atoms with Crippen LogP contribution in [0.2, 0.25) is 0 Å². The highest BCUT2D eigenvalue weighted by Crippen LogP contribution is 2.33. The molecule has 0 fully saturated rings. The predicted molar refractivity (Wildman–Crippen MR) is 62.1 cm³/mol. The lowest BCUT2D eigenvalue weighted by Gasteiger charge is -2.36. The fourth-order valence-corrected chi connectivity index (χ4v) is 2.08. The molecular weight excluding hydrogens is 191 g/mol. The Bertz CT molecular complexity index is 376. The molecule has 1 N–H and O–H groups in total. The maximum Gasteiger partial charge on any atom is 0.128 e. The van der Waals surface area contributed by atoms with Crippen molar-refractivity contribution < 1.29 is 4.39 Å². The Balaban J connectivity index is 2.43. The highest BCUT2D eigenvalue weighted by molar-refractivity contribution is 5.73. The first kappa shape index (κ1) is 10.3. The Labute approximate surface area is 90.1 Å². The summed E-state index contributed by atoms with van der Waals surface area (Å²) in [6.45, 7) is 4.87. The van der Waals surface area contributed by atoms with Gasteiger partial charge in [-0.1, -0.05) is 6.92 Å². The van der Waals surface area contributed by atoms with Crippen molar-refractivity contribution in [2.75, 3.05) is 23.8 Å². The van der Waals surface area contributed by atoms with Crippen molar-refractivity contribution >= 4 is 11.4 Å². The number of halogens is 1. The van der Waals surface area contributed by atoms with Gasteiger partial charge in [0.2, 0.25) is 0 Å². The maximum absolute atomic E-state index is 13.4. The Hall–Kier alpha value is -1.25. The Kier molecular flexibility index (Phi) is 2.55. The Morgan fingerprint density at radius 2 is 2.27 bits per heavy atom. The molecule has 0 amide bonds. The molecule has 3 heteroatoms. The van der Waals surface area contributed by atoms with Crippen LogP contribution in [0.5, 0.6) is 0 Å². The summed E-state index contributed by atoms with van der Waals surface area (Å²) in [7, 11) is 2.07. The standard InChI is InChI=1S/C12H17FN2/c1-4-9-7-14-11-6-10(13)8(2)5-12(11)15(9)3/h5-6,9,14H,4,7H2,1-3H3. The van der Waals surface area contributed by atoms with Crippen LogP contribution < -0.4 is 10.2 Å². The van der Waals surface area contributed by atoms with Gasteiger partial charge in [0, 0.05) is 19.6 Å². The van der Waals surface area contributed by atoms with E-state index in [4.69, 9.17) is 0 Å². The minimum absolute atomic E-state index is 0.135. The van der Waals surface area contributed by atoms with Crippen LogP contribution in [0.4, 0.5) is 15.8 Å². The molecule has 1 aliphatic rings. The van der Waals surface area contributed by atoms with Crippen LogP contribution in [-0.2, 0) is 0 Å². The highest BCUT2D eigenvalue weighted by Gasteiger charge is 2.22. The maximum atomic E-state index is 13.4. The van der Waals surface area contributed by atoms with Gasteiger partial charge >= 0.3 is 0 Å². The van der Waals surface area contributed by atoms with Crippen molar-refractivity contribution in [2.24, 2.45) is 0 Å². The van der Waals surface area contributed by atoms with E-state index in [1.807, 2.05) is 6.07 Å². The third-order valence-electron chi connectivity index (χ3n) is 3.20. The van der Waals surface area contributed by atoms with Crippen molar-refractivity contribution in [2.45, 2.75) is 26.3 Å². The summed E-state index contributed by atoms with van der Waals surface area (Å²) >= 11 is 0. The van der Waals surface area contributed by atoms with Crippen LogP contribution in [0, 0.1) is 12.7 Å². The largest absolute Gasteiger partial charge is 0.381 e. The fourth-order valence-electron chi connectivity index (χ4n) is 2.08. The van der Waals surface area contributed by atoms with E-state index in [9.17, 15) is 4.39 Å². The van der Waals surface area contributed by atoms with Crippen LogP contribution in [0.3, 0.4) is 0 Å². The number of rotatable bonds is 1. The molecule has 1 aliphatic heterocycles. The fraction of sp³-hybridized carbons (Fsp3) is 0.500. The SMILES string of the molecule is CCC1CNc2cc(F)c(C)cc2N1C. The summed E-state index contributed by atoms with van der Waals surface area (Å²) in [5.74, 6) is -0.135. The van der Waals surface area contributed by atoms with Gasteiger partial charge < -0.3 is 10.2 Å². The number of likely N-dealkylation sites (N-methyl/N-ethyl adjacent to an activating group) is 1. The van der Waals surface area contributed by atoms with Crippen LogP contribution in [0.15, 0.2) is 12.1 Å². The minimum Gasteiger partial charge on any atom is -0.381 e. The Morgan fingerprint density at radius 1 is 1.53 bits per heavy atom. The second-order valence-corrected chi connectivity index (χ2v) is 4.17. The number of benzene rings is 1. The zero-order valence-electron chi connectivity index (χ0n) is 9.47. The van der Waals surface area contributed by atoms with Gasteiger partial charge in [-0.2, -0.15) is 0 Å². The topological polar surface area (TPSA) is 15.3 Å². The molecule has 15 heavy (non-hydrogen) atoms. The van der Waals surface area contributed by atoms with Gasteiger partial charge in [-0.3, -0.25) is 0 Å². The molecule has 1 aromatic rings. The lowest BCUT2D eigenvalue weighted by Crippen LogP contribution is -2.41. The molecule has 0 bridgehead atoms. The molecule has 1 heterocycles. The van der Waals surface area contributed by atoms with Crippen molar-refractivity contribution in [3.8, 4) is 0 Å². The first-order valence-electron chi connectivity index (χ1n) is 5.40. The van der Waals surface area contributed by atoms with Crippen LogP contribution in [-0.4, -0.2) is 19.6 Å². The van der Waals surface area contributed by atoms with Gasteiger partial charge in [0.15, 0.2) is 0 Å². The molecule has 0 saturated carbocycles. The number of anilines is 2. The molecule has 1 atom stereocenters. The van der Waals surface area contributed by atoms with Gasteiger partial charge in [0.05, 0.1) is 11.4 Å². The molecule has 0 radical (unpaired) electrons. The third-order valence-corrected chi connectivity index (χ3v) is 3.20. The smallest absolute Gasteiger partial charge is 0.128 e. The average molecular weight is 208 g/mol. The summed E-state index contributed by atoms with van der Waals surface area (Å²) in [4.78, 5) is 2.23. The molecule has 0 aromatic heterocycles. The van der Waals surface area contributed by atoms with E-state index in [1.54, 1.807) is 13.0 Å². The highest BCUT2D eigenvalue weighted by atomic mass is 19.1. The first-order chi connectivity index (χ1) is 7.13. The lowest BCUT2D eigenvalue weighted by molar-refractivity contribution is 0.604. The molecule has 2 rings (SSSR count). The van der Waals surface area contributed by atoms with Crippen LogP contribution in [0.25, 0.3) is 0 Å². The molecule has 0 saturated heterocycles. The predicted octanol–water partition coefficient (Wildman–Crippen LogP) is 2.77. The first-order valence-corrected chi connectivity index (χ1v) is 5.40. The zero-order valence-corrected chi connectivity index (χ0v) is 9.47. The minimum atomic E-state index is -0.135. The van der Waals surface area contributed by atoms with E-state index in [2.05, 4.69) is 24.2 Å². The number of hydrogen-bond acceptors (Lipinski definition) is 2. The quantitative estimate of drug-likeness (QED) is 0.763. The van der Waals surface area contributed by atoms with E-state index in [0.29, 0.717) is 11.6 Å². The number of hydrogen-bond donors (Lipinski definition) is 1. The van der Waals surface area contributed by atoms with Crippen LogP contribution in [0.1, 0.15) is 18.9 Å². The van der Waals surface area contributed by atoms with E-state index in [1.165, 1.54) is 0 Å². The van der Waals surface area contributed by atoms with Gasteiger partial charge in [0.1, 0.15) is 5.82 Å². The monoisotopic (exact) mass is 208 g/mol. The molecule has 82 valence electrons. The van der Waals surface area contributed by atoms with Gasteiger partial charge in [-0.05, 0) is 31.0 Å². The summed E-state index contributed by atoms with van der Waals surface area (Å²) in [6, 6.07) is 4.01. The van der Waals surface area contributed by atoms with E-state index in [-0.39, 0.29) is 5.82 Å². The number of aryl methyl sites for hydroxylation is 1. The molecule has 1 aromatic carbocycles. The number of nitrogens with one attached hydrogen (secondary N) is 1. The third kappa shape index (κ3) is 1.66. The van der Waals surface area contributed by atoms with Gasteiger partial charge in [0.25, 0.3) is 0 Å². The van der Waals surface area contributed by atoms with E-state index in [0.717, 1.165) is 24.3 Å². The lowest BCUT2D eigenvalue weighted by atomic mass is 10.1. The van der Waals surface area contributed by atoms with Crippen molar-refractivity contribution in [1.82, 2.24) is 0 Å². The van der Waals surface area contributed by atoms with E-state index >= 15 is 0 Å². The normalized spacial score (nSPS) is 19.7. The second kappa shape index (κ2) is 3.72. The van der Waals surface area contributed by atoms with Crippen LogP contribution >= 0.6 is 0 Å².